The number of hydrogen-bond donors (Lipinski definition) is 3. The van der Waals surface area contributed by atoms with Crippen LogP contribution in [0.5, 0.6) is 5.75 Å². The molecule has 0 aliphatic rings. The predicted octanol–water partition coefficient (Wildman–Crippen LogP) is 2.64. The molecule has 2 heterocycles. The smallest absolute Gasteiger partial charge is 0.261 e. The maximum atomic E-state index is 12.3. The number of rotatable bonds is 2. The van der Waals surface area contributed by atoms with Crippen LogP contribution in [0.25, 0.3) is 11.0 Å². The summed E-state index contributed by atoms with van der Waals surface area (Å²) in [7, 11) is 1.61. The van der Waals surface area contributed by atoms with Crippen molar-refractivity contribution < 1.29 is 9.53 Å². The largest absolute Gasteiger partial charge is 0.497 e. The second-order valence-corrected chi connectivity index (χ2v) is 7.04. The molecule has 0 saturated carbocycles. The fraction of sp³-hybridized carbons (Fsp3) is 0.250. The first-order valence-corrected chi connectivity index (χ1v) is 8.37. The van der Waals surface area contributed by atoms with Crippen LogP contribution in [-0.2, 0) is 4.79 Å². The van der Waals surface area contributed by atoms with E-state index in [1.165, 1.54) is 0 Å². The van der Waals surface area contributed by atoms with Gasteiger partial charge in [0.2, 0.25) is 11.9 Å². The summed E-state index contributed by atoms with van der Waals surface area (Å²) < 4.78 is 5.11. The lowest BCUT2D eigenvalue weighted by atomic mass is 9.96. The van der Waals surface area contributed by atoms with Crippen molar-refractivity contribution in [2.45, 2.75) is 20.8 Å². The van der Waals surface area contributed by atoms with Gasteiger partial charge >= 0.3 is 0 Å². The quantitative estimate of drug-likeness (QED) is 0.609. The lowest BCUT2D eigenvalue weighted by Crippen LogP contribution is -2.29. The number of nitrogens with one attached hydrogen (secondary N) is 3. The van der Waals surface area contributed by atoms with Crippen molar-refractivity contribution in [1.82, 2.24) is 15.0 Å². The van der Waals surface area contributed by atoms with Crippen molar-refractivity contribution in [3.05, 3.63) is 51.9 Å². The fourth-order valence-electron chi connectivity index (χ4n) is 2.25. The number of carbonyl (C=O) groups is 1. The number of aromatic nitrogens is 3. The summed E-state index contributed by atoms with van der Waals surface area (Å²) in [6.45, 7) is 5.33. The molecule has 0 unspecified atom stereocenters. The molecular weight excluding hydrogens is 344 g/mol. The number of hydrogen-bond acceptors (Lipinski definition) is 4. The number of benzene rings is 1. The van der Waals surface area contributed by atoms with E-state index in [1.807, 2.05) is 24.3 Å². The lowest BCUT2D eigenvalue weighted by molar-refractivity contribution is -0.123. The average Bonchev–Trinajstić information content (AvgIpc) is 3.03. The number of fused-ring (bicyclic) bond motifs is 1. The van der Waals surface area contributed by atoms with Crippen molar-refractivity contribution in [2.75, 3.05) is 12.4 Å². The zero-order valence-electron chi connectivity index (χ0n) is 15.6. The molecule has 3 aromatic rings. The average molecular weight is 364 g/mol. The Labute approximate surface area is 156 Å². The summed E-state index contributed by atoms with van der Waals surface area (Å²) >= 11 is 0. The number of nitrogens with zero attached hydrogens (tertiary/aromatic N) is 1. The van der Waals surface area contributed by atoms with Gasteiger partial charge in [0.15, 0.2) is 0 Å². The molecule has 0 saturated heterocycles. The maximum absolute atomic E-state index is 12.3. The Hall–Kier alpha value is -3.53. The van der Waals surface area contributed by atoms with Crippen molar-refractivity contribution in [3.63, 3.8) is 0 Å². The van der Waals surface area contributed by atoms with Crippen molar-refractivity contribution in [2.24, 2.45) is 5.41 Å². The Balaban J connectivity index is 1.89. The third kappa shape index (κ3) is 4.18. The minimum atomic E-state index is -0.599. The molecule has 3 N–H and O–H groups in total. The van der Waals surface area contributed by atoms with Gasteiger partial charge in [-0.25, -0.2) is 0 Å². The molecule has 1 aromatic carbocycles. The van der Waals surface area contributed by atoms with Crippen LogP contribution in [0.2, 0.25) is 0 Å². The molecule has 7 heteroatoms. The van der Waals surface area contributed by atoms with Gasteiger partial charge in [0, 0.05) is 11.0 Å². The Morgan fingerprint density at radius 2 is 1.85 bits per heavy atom. The van der Waals surface area contributed by atoms with Crippen LogP contribution in [0, 0.1) is 17.3 Å². The molecule has 7 nitrogen and oxygen atoms in total. The molecule has 0 radical (unpaired) electrons. The minimum Gasteiger partial charge on any atom is -0.497 e. The molecule has 0 bridgehead atoms. The topological polar surface area (TPSA) is 99.9 Å². The SMILES string of the molecule is COc1ccc(C#Cc2cc3c(=O)[nH]c(NC(=O)C(C)(C)C)nc3[nH]2)cc1. The molecule has 27 heavy (non-hydrogen) atoms. The van der Waals surface area contributed by atoms with Crippen molar-refractivity contribution in [3.8, 4) is 17.6 Å². The van der Waals surface area contributed by atoms with Crippen LogP contribution in [0.3, 0.4) is 0 Å². The number of aromatic amines is 2. The van der Waals surface area contributed by atoms with Gasteiger partial charge < -0.3 is 9.72 Å². The highest BCUT2D eigenvalue weighted by Gasteiger charge is 2.22. The van der Waals surface area contributed by atoms with E-state index < -0.39 is 5.41 Å². The first-order valence-electron chi connectivity index (χ1n) is 8.37. The summed E-state index contributed by atoms with van der Waals surface area (Å²) in [5.41, 5.74) is 0.783. The van der Waals surface area contributed by atoms with E-state index in [4.69, 9.17) is 4.74 Å². The van der Waals surface area contributed by atoms with Gasteiger partial charge in [0.05, 0.1) is 18.2 Å². The Morgan fingerprint density at radius 3 is 2.48 bits per heavy atom. The normalized spacial score (nSPS) is 11.0. The second-order valence-electron chi connectivity index (χ2n) is 7.04. The fourth-order valence-corrected chi connectivity index (χ4v) is 2.25. The zero-order valence-corrected chi connectivity index (χ0v) is 15.6. The Bertz CT molecular complexity index is 1110. The van der Waals surface area contributed by atoms with Crippen LogP contribution < -0.4 is 15.6 Å². The molecule has 138 valence electrons. The highest BCUT2D eigenvalue weighted by atomic mass is 16.5. The van der Waals surface area contributed by atoms with E-state index >= 15 is 0 Å². The van der Waals surface area contributed by atoms with Gasteiger partial charge in [0.25, 0.3) is 5.56 Å². The van der Waals surface area contributed by atoms with E-state index in [9.17, 15) is 9.59 Å². The molecule has 1 amide bonds. The summed E-state index contributed by atoms with van der Waals surface area (Å²) in [6.07, 6.45) is 0. The molecule has 2 aromatic heterocycles. The predicted molar refractivity (Wildman–Crippen MR) is 104 cm³/mol. The summed E-state index contributed by atoms with van der Waals surface area (Å²) in [5, 5.41) is 3.00. The van der Waals surface area contributed by atoms with Gasteiger partial charge in [0.1, 0.15) is 11.4 Å². The number of carbonyl (C=O) groups excluding carboxylic acids is 1. The van der Waals surface area contributed by atoms with Crippen LogP contribution in [0.15, 0.2) is 35.1 Å². The third-order valence-corrected chi connectivity index (χ3v) is 3.84. The van der Waals surface area contributed by atoms with Crippen LogP contribution in [-0.4, -0.2) is 28.0 Å². The van der Waals surface area contributed by atoms with E-state index in [0.717, 1.165) is 11.3 Å². The van der Waals surface area contributed by atoms with Gasteiger partial charge in [-0.2, -0.15) is 4.98 Å². The monoisotopic (exact) mass is 364 g/mol. The lowest BCUT2D eigenvalue weighted by Gasteiger charge is -2.16. The Morgan fingerprint density at radius 1 is 1.15 bits per heavy atom. The molecule has 3 rings (SSSR count). The van der Waals surface area contributed by atoms with Gasteiger partial charge in [-0.05, 0) is 36.3 Å². The highest BCUT2D eigenvalue weighted by molar-refractivity contribution is 5.93. The summed E-state index contributed by atoms with van der Waals surface area (Å²) in [6, 6.07) is 8.98. The second kappa shape index (κ2) is 7.00. The van der Waals surface area contributed by atoms with Crippen molar-refractivity contribution in [1.29, 1.82) is 0 Å². The number of methoxy groups -OCH3 is 1. The standard InChI is InChI=1S/C20H20N4O3/c1-20(2,3)18(26)24-19-22-16-15(17(25)23-19)11-13(21-16)8-5-12-6-9-14(27-4)10-7-12/h6-7,9-11H,1-4H3,(H3,21,22,23,24,25,26). The van der Waals surface area contributed by atoms with Crippen LogP contribution >= 0.6 is 0 Å². The van der Waals surface area contributed by atoms with Crippen molar-refractivity contribution >= 4 is 22.9 Å². The molecule has 0 aliphatic carbocycles. The first-order chi connectivity index (χ1) is 12.8. The van der Waals surface area contributed by atoms with E-state index in [1.54, 1.807) is 33.9 Å². The van der Waals surface area contributed by atoms with E-state index in [-0.39, 0.29) is 17.4 Å². The number of amides is 1. The van der Waals surface area contributed by atoms with Gasteiger partial charge in [-0.15, -0.1) is 0 Å². The third-order valence-electron chi connectivity index (χ3n) is 3.84. The zero-order chi connectivity index (χ0) is 19.6. The van der Waals surface area contributed by atoms with Crippen LogP contribution in [0.4, 0.5) is 5.95 Å². The summed E-state index contributed by atoms with van der Waals surface area (Å²) in [4.78, 5) is 34.2. The molecule has 0 spiro atoms. The minimum absolute atomic E-state index is 0.101. The number of anilines is 1. The number of ether oxygens (including phenoxy) is 1. The molecular formula is C20H20N4O3. The Kier molecular flexibility index (Phi) is 4.74. The van der Waals surface area contributed by atoms with Gasteiger partial charge in [-0.3, -0.25) is 19.9 Å². The summed E-state index contributed by atoms with van der Waals surface area (Å²) in [5.74, 6) is 6.60. The molecule has 0 fully saturated rings. The van der Waals surface area contributed by atoms with Crippen LogP contribution in [0.1, 0.15) is 32.0 Å². The number of H-pyrrole nitrogens is 2. The maximum Gasteiger partial charge on any atom is 0.261 e. The molecule has 0 aliphatic heterocycles. The van der Waals surface area contributed by atoms with E-state index in [2.05, 4.69) is 32.1 Å². The van der Waals surface area contributed by atoms with E-state index in [0.29, 0.717) is 16.7 Å². The van der Waals surface area contributed by atoms with Gasteiger partial charge in [-0.1, -0.05) is 26.7 Å². The first kappa shape index (κ1) is 18.3. The highest BCUT2D eigenvalue weighted by Crippen LogP contribution is 2.16. The molecule has 0 atom stereocenters.